The van der Waals surface area contributed by atoms with Gasteiger partial charge in [0, 0.05) is 14.7 Å². The van der Waals surface area contributed by atoms with E-state index in [0.29, 0.717) is 54.7 Å². The van der Waals surface area contributed by atoms with Gasteiger partial charge in [0.2, 0.25) is 0 Å². The number of hydrogen-bond acceptors (Lipinski definition) is 9. The zero-order valence-electron chi connectivity index (χ0n) is 26.8. The normalized spacial score (nSPS) is 14.5. The summed E-state index contributed by atoms with van der Waals surface area (Å²) in [6.45, 7) is 7.38. The van der Waals surface area contributed by atoms with E-state index in [1.807, 2.05) is 19.9 Å². The first-order chi connectivity index (χ1) is 22.6. The fourth-order valence-electron chi connectivity index (χ4n) is 5.22. The standard InChI is InChI=1S/C35H34FIN2O7S/c1-7-44-34(41)30-20(4)38-35-39(31(30)21-12-13-26(46-19(2)3)27(15-21)42-5)33(40)29(47-35)16-23-14-24(37)17-28(43-6)32(23)45-18-22-10-8-9-11-25(22)36/h8-17,19,31H,7,18H2,1-6H3/b29-16+/t31-/m1/s1. The maximum absolute atomic E-state index is 14.4. The molecule has 2 heterocycles. The molecule has 1 aliphatic heterocycles. The third-order valence-electron chi connectivity index (χ3n) is 7.27. The van der Waals surface area contributed by atoms with Crippen molar-refractivity contribution in [3.63, 3.8) is 0 Å². The second kappa shape index (κ2) is 14.7. The molecule has 1 aromatic heterocycles. The average molecular weight is 773 g/mol. The molecular weight excluding hydrogens is 738 g/mol. The van der Waals surface area contributed by atoms with E-state index in [1.54, 1.807) is 62.4 Å². The van der Waals surface area contributed by atoms with Crippen LogP contribution < -0.4 is 33.8 Å². The molecule has 4 aromatic rings. The van der Waals surface area contributed by atoms with Gasteiger partial charge in [-0.25, -0.2) is 14.2 Å². The van der Waals surface area contributed by atoms with Crippen molar-refractivity contribution in [2.75, 3.05) is 20.8 Å². The highest BCUT2D eigenvalue weighted by molar-refractivity contribution is 14.1. The van der Waals surface area contributed by atoms with Crippen LogP contribution in [0, 0.1) is 9.39 Å². The molecule has 1 aliphatic rings. The van der Waals surface area contributed by atoms with Crippen LogP contribution in [0.2, 0.25) is 0 Å². The van der Waals surface area contributed by atoms with E-state index >= 15 is 0 Å². The number of carbonyl (C=O) groups is 1. The smallest absolute Gasteiger partial charge is 0.338 e. The molecule has 3 aromatic carbocycles. The molecule has 12 heteroatoms. The van der Waals surface area contributed by atoms with Crippen molar-refractivity contribution < 1.29 is 32.9 Å². The zero-order valence-corrected chi connectivity index (χ0v) is 29.7. The van der Waals surface area contributed by atoms with Crippen LogP contribution in [0.15, 0.2) is 75.7 Å². The quantitative estimate of drug-likeness (QED) is 0.138. The molecule has 0 unspecified atom stereocenters. The zero-order chi connectivity index (χ0) is 33.8. The van der Waals surface area contributed by atoms with Gasteiger partial charge in [0.25, 0.3) is 5.56 Å². The van der Waals surface area contributed by atoms with Gasteiger partial charge >= 0.3 is 5.97 Å². The van der Waals surface area contributed by atoms with E-state index in [4.69, 9.17) is 23.7 Å². The second-order valence-electron chi connectivity index (χ2n) is 10.8. The molecule has 0 aliphatic carbocycles. The highest BCUT2D eigenvalue weighted by atomic mass is 127. The minimum Gasteiger partial charge on any atom is -0.493 e. The minimum absolute atomic E-state index is 0.0494. The number of allylic oxidation sites excluding steroid dienone is 1. The number of fused-ring (bicyclic) bond motifs is 1. The highest BCUT2D eigenvalue weighted by Crippen LogP contribution is 2.37. The summed E-state index contributed by atoms with van der Waals surface area (Å²) >= 11 is 3.34. The molecule has 0 amide bonds. The van der Waals surface area contributed by atoms with E-state index in [0.717, 1.165) is 3.57 Å². The van der Waals surface area contributed by atoms with Crippen molar-refractivity contribution in [1.29, 1.82) is 0 Å². The van der Waals surface area contributed by atoms with Crippen LogP contribution in [0.4, 0.5) is 4.39 Å². The molecule has 0 spiro atoms. The molecule has 1 atom stereocenters. The fraction of sp³-hybridized carbons (Fsp3) is 0.286. The minimum atomic E-state index is -0.850. The van der Waals surface area contributed by atoms with Crippen LogP contribution in [-0.4, -0.2) is 37.5 Å². The number of aromatic nitrogens is 1. The van der Waals surface area contributed by atoms with Crippen molar-refractivity contribution in [3.05, 3.63) is 112 Å². The van der Waals surface area contributed by atoms with Crippen LogP contribution in [0.3, 0.4) is 0 Å². The van der Waals surface area contributed by atoms with E-state index in [1.165, 1.54) is 36.2 Å². The summed E-state index contributed by atoms with van der Waals surface area (Å²) in [6.07, 6.45) is 1.61. The summed E-state index contributed by atoms with van der Waals surface area (Å²) in [5.41, 5.74) is 1.87. The molecule has 47 heavy (non-hydrogen) atoms. The van der Waals surface area contributed by atoms with Gasteiger partial charge in [-0.05, 0) is 92.3 Å². The van der Waals surface area contributed by atoms with E-state index < -0.39 is 12.0 Å². The van der Waals surface area contributed by atoms with Crippen molar-refractivity contribution in [3.8, 4) is 23.0 Å². The van der Waals surface area contributed by atoms with Crippen LogP contribution in [0.1, 0.15) is 50.4 Å². The van der Waals surface area contributed by atoms with Gasteiger partial charge in [-0.2, -0.15) is 0 Å². The van der Waals surface area contributed by atoms with Crippen LogP contribution in [0.5, 0.6) is 23.0 Å². The Hall–Kier alpha value is -4.17. The number of hydrogen-bond donors (Lipinski definition) is 0. The predicted octanol–water partition coefficient (Wildman–Crippen LogP) is 5.93. The van der Waals surface area contributed by atoms with E-state index in [-0.39, 0.29) is 36.3 Å². The van der Waals surface area contributed by atoms with E-state index in [9.17, 15) is 14.0 Å². The monoisotopic (exact) mass is 772 g/mol. The maximum atomic E-state index is 14.4. The number of thiazole rings is 1. The van der Waals surface area contributed by atoms with Crippen LogP contribution >= 0.6 is 33.9 Å². The second-order valence-corrected chi connectivity index (χ2v) is 13.0. The number of rotatable bonds is 11. The lowest BCUT2D eigenvalue weighted by Gasteiger charge is -2.25. The van der Waals surface area contributed by atoms with Crippen molar-refractivity contribution in [1.82, 2.24) is 4.57 Å². The third kappa shape index (κ3) is 7.23. The van der Waals surface area contributed by atoms with Gasteiger partial charge in [0.15, 0.2) is 27.8 Å². The Kier molecular flexibility index (Phi) is 10.7. The van der Waals surface area contributed by atoms with Gasteiger partial charge in [-0.3, -0.25) is 9.36 Å². The Labute approximate surface area is 289 Å². The molecule has 5 rings (SSSR count). The lowest BCUT2D eigenvalue weighted by molar-refractivity contribution is -0.139. The molecule has 0 bridgehead atoms. The van der Waals surface area contributed by atoms with Gasteiger partial charge in [-0.1, -0.05) is 35.6 Å². The Morgan fingerprint density at radius 3 is 2.51 bits per heavy atom. The first kappa shape index (κ1) is 34.2. The van der Waals surface area contributed by atoms with Gasteiger partial charge in [0.05, 0.1) is 48.8 Å². The summed E-state index contributed by atoms with van der Waals surface area (Å²) in [5, 5.41) is 0. The predicted molar refractivity (Wildman–Crippen MR) is 186 cm³/mol. The number of carbonyl (C=O) groups excluding carboxylic acids is 1. The lowest BCUT2D eigenvalue weighted by atomic mass is 9.95. The maximum Gasteiger partial charge on any atom is 0.338 e. The summed E-state index contributed by atoms with van der Waals surface area (Å²) in [5.74, 6) is 0.820. The molecule has 0 N–H and O–H groups in total. The summed E-state index contributed by atoms with van der Waals surface area (Å²) in [4.78, 5) is 32.8. The lowest BCUT2D eigenvalue weighted by Crippen LogP contribution is -2.40. The average Bonchev–Trinajstić information content (AvgIpc) is 3.34. The number of ether oxygens (including phenoxy) is 5. The van der Waals surface area contributed by atoms with Crippen molar-refractivity contribution in [2.45, 2.75) is 46.4 Å². The van der Waals surface area contributed by atoms with Crippen LogP contribution in [-0.2, 0) is 16.1 Å². The van der Waals surface area contributed by atoms with Crippen molar-refractivity contribution in [2.24, 2.45) is 4.99 Å². The fourth-order valence-corrected chi connectivity index (χ4v) is 6.88. The highest BCUT2D eigenvalue weighted by Gasteiger charge is 2.34. The Morgan fingerprint density at radius 1 is 1.09 bits per heavy atom. The first-order valence-corrected chi connectivity index (χ1v) is 16.7. The Morgan fingerprint density at radius 2 is 1.83 bits per heavy atom. The summed E-state index contributed by atoms with van der Waals surface area (Å²) in [7, 11) is 3.05. The van der Waals surface area contributed by atoms with Gasteiger partial charge < -0.3 is 23.7 Å². The van der Waals surface area contributed by atoms with Gasteiger partial charge in [-0.15, -0.1) is 0 Å². The molecule has 0 fully saturated rings. The number of nitrogens with zero attached hydrogens (tertiary/aromatic N) is 2. The Balaban J connectivity index is 1.68. The molecule has 0 saturated heterocycles. The third-order valence-corrected chi connectivity index (χ3v) is 8.87. The number of methoxy groups -OCH3 is 2. The summed E-state index contributed by atoms with van der Waals surface area (Å²) in [6, 6.07) is 14.5. The van der Waals surface area contributed by atoms with Crippen molar-refractivity contribution >= 4 is 46.0 Å². The molecule has 9 nitrogen and oxygen atoms in total. The molecule has 0 radical (unpaired) electrons. The van der Waals surface area contributed by atoms with Crippen LogP contribution in [0.25, 0.3) is 6.08 Å². The molecular formula is C35H34FIN2O7S. The number of esters is 1. The SMILES string of the molecule is CCOC(=O)C1=C(C)N=c2s/c(=C/c3cc(I)cc(OC)c3OCc3ccccc3F)c(=O)n2[C@@H]1c1ccc(OC(C)C)c(OC)c1. The molecule has 0 saturated carbocycles. The number of halogens is 2. The first-order valence-electron chi connectivity index (χ1n) is 14.8. The topological polar surface area (TPSA) is 97.6 Å². The van der Waals surface area contributed by atoms with Gasteiger partial charge in [0.1, 0.15) is 12.4 Å². The molecule has 246 valence electrons. The van der Waals surface area contributed by atoms with E-state index in [2.05, 4.69) is 27.6 Å². The largest absolute Gasteiger partial charge is 0.493 e. The summed E-state index contributed by atoms with van der Waals surface area (Å²) < 4.78 is 45.8. The Bertz CT molecular complexity index is 2040. The number of benzene rings is 3.